The number of benzene rings is 2. The predicted octanol–water partition coefficient (Wildman–Crippen LogP) is 4.97. The van der Waals surface area contributed by atoms with Crippen LogP contribution >= 0.6 is 12.2 Å². The Kier molecular flexibility index (Phi) is 7.05. The fourth-order valence-corrected chi connectivity index (χ4v) is 3.15. The van der Waals surface area contributed by atoms with Gasteiger partial charge in [-0.1, -0.05) is 36.4 Å². The summed E-state index contributed by atoms with van der Waals surface area (Å²) in [6.45, 7) is 9.40. The lowest BCUT2D eigenvalue weighted by atomic mass is 10.1. The van der Waals surface area contributed by atoms with Gasteiger partial charge in [0.05, 0.1) is 11.6 Å². The molecule has 0 aliphatic rings. The van der Waals surface area contributed by atoms with Crippen molar-refractivity contribution in [2.24, 2.45) is 0 Å². The summed E-state index contributed by atoms with van der Waals surface area (Å²) in [7, 11) is 0. The fourth-order valence-electron chi connectivity index (χ4n) is 2.34. The van der Waals surface area contributed by atoms with Gasteiger partial charge in [0.25, 0.3) is 11.8 Å². The van der Waals surface area contributed by atoms with E-state index in [2.05, 4.69) is 0 Å². The highest BCUT2D eigenvalue weighted by Gasteiger charge is 2.37. The molecule has 2 aromatic rings. The van der Waals surface area contributed by atoms with Crippen LogP contribution in [0.2, 0.25) is 0 Å². The summed E-state index contributed by atoms with van der Waals surface area (Å²) in [6, 6.07) is 17.8. The number of hydrogen-bond acceptors (Lipinski definition) is 4. The zero-order chi connectivity index (χ0) is 20.0. The molecule has 0 radical (unpaired) electrons. The van der Waals surface area contributed by atoms with E-state index in [-0.39, 0.29) is 17.9 Å². The van der Waals surface area contributed by atoms with E-state index in [9.17, 15) is 9.59 Å². The van der Waals surface area contributed by atoms with E-state index >= 15 is 0 Å². The maximum absolute atomic E-state index is 13.3. The van der Waals surface area contributed by atoms with Crippen LogP contribution in [0.5, 0.6) is 0 Å². The van der Waals surface area contributed by atoms with Crippen molar-refractivity contribution in [3.63, 3.8) is 0 Å². The summed E-state index contributed by atoms with van der Waals surface area (Å²) < 4.78 is 6.95. The average molecular weight is 387 g/mol. The van der Waals surface area contributed by atoms with Crippen LogP contribution in [-0.2, 0) is 4.18 Å². The van der Waals surface area contributed by atoms with Crippen molar-refractivity contribution in [2.45, 2.75) is 46.3 Å². The second-order valence-electron chi connectivity index (χ2n) is 7.32. The first-order valence-corrected chi connectivity index (χ1v) is 9.54. The van der Waals surface area contributed by atoms with E-state index < -0.39 is 5.54 Å². The summed E-state index contributed by atoms with van der Waals surface area (Å²) in [5, 5.41) is 1.45. The van der Waals surface area contributed by atoms with Gasteiger partial charge in [0, 0.05) is 11.1 Å². The molecule has 144 valence electrons. The van der Waals surface area contributed by atoms with Crippen LogP contribution in [-0.4, -0.2) is 32.9 Å². The molecule has 0 unspecified atom stereocenters. The molecular formula is C21H26N2O3S. The van der Waals surface area contributed by atoms with E-state index in [0.717, 1.165) is 12.2 Å². The van der Waals surface area contributed by atoms with Crippen LogP contribution in [0.1, 0.15) is 55.3 Å². The third kappa shape index (κ3) is 5.58. The van der Waals surface area contributed by atoms with Crippen molar-refractivity contribution in [1.82, 2.24) is 9.42 Å². The Morgan fingerprint density at radius 2 is 1.30 bits per heavy atom. The van der Waals surface area contributed by atoms with E-state index in [4.69, 9.17) is 4.18 Å². The van der Waals surface area contributed by atoms with Gasteiger partial charge in [0.2, 0.25) is 0 Å². The zero-order valence-electron chi connectivity index (χ0n) is 16.4. The molecular weight excluding hydrogens is 360 g/mol. The van der Waals surface area contributed by atoms with Crippen LogP contribution in [0.15, 0.2) is 60.7 Å². The van der Waals surface area contributed by atoms with Crippen LogP contribution in [0, 0.1) is 0 Å². The Hall–Kier alpha value is -2.31. The van der Waals surface area contributed by atoms with Crippen molar-refractivity contribution in [2.75, 3.05) is 0 Å². The third-order valence-electron chi connectivity index (χ3n) is 3.53. The maximum Gasteiger partial charge on any atom is 0.284 e. The van der Waals surface area contributed by atoms with Crippen LogP contribution in [0.3, 0.4) is 0 Å². The Bertz CT molecular complexity index is 758. The van der Waals surface area contributed by atoms with E-state index in [0.29, 0.717) is 11.1 Å². The van der Waals surface area contributed by atoms with Gasteiger partial charge in [-0.2, -0.15) is 4.41 Å². The molecule has 0 aliphatic heterocycles. The van der Waals surface area contributed by atoms with Gasteiger partial charge in [-0.05, 0) is 58.9 Å². The summed E-state index contributed by atoms with van der Waals surface area (Å²) in [6.07, 6.45) is -0.116. The summed E-state index contributed by atoms with van der Waals surface area (Å²) in [5.41, 5.74) is 0.334. The largest absolute Gasteiger partial charge is 0.293 e. The van der Waals surface area contributed by atoms with Crippen molar-refractivity contribution in [3.05, 3.63) is 71.8 Å². The monoisotopic (exact) mass is 386 g/mol. The Labute approximate surface area is 165 Å². The van der Waals surface area contributed by atoms with Gasteiger partial charge >= 0.3 is 0 Å². The maximum atomic E-state index is 13.3. The van der Waals surface area contributed by atoms with Crippen LogP contribution in [0.4, 0.5) is 0 Å². The van der Waals surface area contributed by atoms with Crippen molar-refractivity contribution >= 4 is 24.0 Å². The molecule has 27 heavy (non-hydrogen) atoms. The lowest BCUT2D eigenvalue weighted by Gasteiger charge is -2.41. The molecule has 0 saturated carbocycles. The molecule has 2 amide bonds. The summed E-state index contributed by atoms with van der Waals surface area (Å²) in [4.78, 5) is 26.5. The normalized spacial score (nSPS) is 11.3. The van der Waals surface area contributed by atoms with Gasteiger partial charge in [-0.15, -0.1) is 0 Å². The first-order valence-electron chi connectivity index (χ1n) is 8.84. The van der Waals surface area contributed by atoms with Crippen LogP contribution < -0.4 is 0 Å². The molecule has 0 N–H and O–H groups in total. The highest BCUT2D eigenvalue weighted by atomic mass is 32.2. The Morgan fingerprint density at radius 1 is 0.852 bits per heavy atom. The molecule has 6 heteroatoms. The molecule has 2 aromatic carbocycles. The van der Waals surface area contributed by atoms with Gasteiger partial charge in [0.1, 0.15) is 12.2 Å². The molecule has 0 aromatic heterocycles. The topological polar surface area (TPSA) is 49.9 Å². The molecule has 0 fully saturated rings. The number of carbonyl (C=O) groups is 2. The van der Waals surface area contributed by atoms with Gasteiger partial charge < -0.3 is 0 Å². The highest BCUT2D eigenvalue weighted by molar-refractivity contribution is 7.92. The molecule has 5 nitrogen and oxygen atoms in total. The van der Waals surface area contributed by atoms with Crippen molar-refractivity contribution < 1.29 is 13.8 Å². The van der Waals surface area contributed by atoms with Crippen molar-refractivity contribution in [1.29, 1.82) is 0 Å². The number of hydrazine groups is 1. The first kappa shape index (κ1) is 21.0. The van der Waals surface area contributed by atoms with E-state index in [1.165, 1.54) is 9.42 Å². The van der Waals surface area contributed by atoms with Crippen LogP contribution in [0.25, 0.3) is 0 Å². The second-order valence-corrected chi connectivity index (χ2v) is 8.00. The number of nitrogens with zero attached hydrogens (tertiary/aromatic N) is 2. The Morgan fingerprint density at radius 3 is 1.70 bits per heavy atom. The molecule has 0 aliphatic carbocycles. The molecule has 0 atom stereocenters. The predicted molar refractivity (Wildman–Crippen MR) is 109 cm³/mol. The minimum atomic E-state index is -0.648. The SMILES string of the molecule is CC(C)OSN(C(=O)c1ccccc1)N(C(=O)c1ccccc1)C(C)(C)C. The standard InChI is InChI=1S/C21H26N2O3S/c1-16(2)26-27-23(20(25)18-14-10-7-11-15-18)22(21(3,4)5)19(24)17-12-8-6-9-13-17/h6-16H,1-5H3. The van der Waals surface area contributed by atoms with E-state index in [1.54, 1.807) is 48.5 Å². The lowest BCUT2D eigenvalue weighted by Crippen LogP contribution is -2.55. The summed E-state index contributed by atoms with van der Waals surface area (Å²) >= 11 is 0.879. The van der Waals surface area contributed by atoms with E-state index in [1.807, 2.05) is 46.8 Å². The molecule has 0 heterocycles. The van der Waals surface area contributed by atoms with Crippen molar-refractivity contribution in [3.8, 4) is 0 Å². The third-order valence-corrected chi connectivity index (χ3v) is 4.47. The Balaban J connectivity index is 2.46. The fraction of sp³-hybridized carbons (Fsp3) is 0.333. The number of hydrogen-bond donors (Lipinski definition) is 0. The zero-order valence-corrected chi connectivity index (χ0v) is 17.2. The molecule has 0 saturated heterocycles. The van der Waals surface area contributed by atoms with Gasteiger partial charge in [-0.25, -0.2) is 5.01 Å². The van der Waals surface area contributed by atoms with Gasteiger partial charge in [0.15, 0.2) is 0 Å². The number of rotatable bonds is 5. The molecule has 2 rings (SSSR count). The highest BCUT2D eigenvalue weighted by Crippen LogP contribution is 2.29. The minimum absolute atomic E-state index is 0.116. The quantitative estimate of drug-likeness (QED) is 0.413. The summed E-state index contributed by atoms with van der Waals surface area (Å²) in [5.74, 6) is -0.590. The average Bonchev–Trinajstić information content (AvgIpc) is 2.64. The minimum Gasteiger partial charge on any atom is -0.293 e. The molecule has 0 bridgehead atoms. The smallest absolute Gasteiger partial charge is 0.284 e. The first-order chi connectivity index (χ1) is 12.7. The number of carbonyl (C=O) groups excluding carboxylic acids is 2. The van der Waals surface area contributed by atoms with Gasteiger partial charge in [-0.3, -0.25) is 13.8 Å². The number of amides is 2. The molecule has 0 spiro atoms. The lowest BCUT2D eigenvalue weighted by molar-refractivity contribution is -0.00376. The second kappa shape index (κ2) is 9.06.